The Morgan fingerprint density at radius 3 is 2.64 bits per heavy atom. The van der Waals surface area contributed by atoms with Gasteiger partial charge in [-0.1, -0.05) is 20.3 Å². The summed E-state index contributed by atoms with van der Waals surface area (Å²) in [6.07, 6.45) is 10.7. The highest BCUT2D eigenvalue weighted by Gasteiger charge is 2.13. The highest BCUT2D eigenvalue weighted by atomic mass is 14.6. The Bertz CT molecular complexity index is 315. The fourth-order valence-electron chi connectivity index (χ4n) is 2.36. The Morgan fingerprint density at radius 2 is 1.86 bits per heavy atom. The Labute approximate surface area is 86.6 Å². The van der Waals surface area contributed by atoms with Gasteiger partial charge in [0.2, 0.25) is 0 Å². The van der Waals surface area contributed by atoms with E-state index in [1.165, 1.54) is 43.2 Å². The average molecular weight is 189 g/mol. The molecule has 1 aromatic rings. The van der Waals surface area contributed by atoms with Crippen molar-refractivity contribution in [1.82, 2.24) is 4.98 Å². The lowest BCUT2D eigenvalue weighted by Gasteiger charge is -2.14. The summed E-state index contributed by atoms with van der Waals surface area (Å²) in [5, 5.41) is 0. The Balaban J connectivity index is 2.42. The van der Waals surface area contributed by atoms with Crippen LogP contribution in [0.25, 0.3) is 0 Å². The third-order valence-electron chi connectivity index (χ3n) is 3.17. The van der Waals surface area contributed by atoms with Crippen molar-refractivity contribution < 1.29 is 0 Å². The molecular formula is C13H19N. The highest BCUT2D eigenvalue weighted by Crippen LogP contribution is 2.27. The zero-order valence-electron chi connectivity index (χ0n) is 9.21. The van der Waals surface area contributed by atoms with Gasteiger partial charge in [-0.05, 0) is 48.3 Å². The van der Waals surface area contributed by atoms with E-state index in [0.29, 0.717) is 5.92 Å². The molecular weight excluding hydrogens is 170 g/mol. The fourth-order valence-corrected chi connectivity index (χ4v) is 2.36. The quantitative estimate of drug-likeness (QED) is 0.616. The third-order valence-corrected chi connectivity index (χ3v) is 3.17. The maximum Gasteiger partial charge on any atom is 0.0305 e. The summed E-state index contributed by atoms with van der Waals surface area (Å²) in [5.41, 5.74) is 4.59. The summed E-state index contributed by atoms with van der Waals surface area (Å²) in [7, 11) is 0. The Morgan fingerprint density at radius 1 is 1.07 bits per heavy atom. The van der Waals surface area contributed by atoms with Crippen molar-refractivity contribution in [3.63, 3.8) is 0 Å². The second kappa shape index (κ2) is 4.12. The number of rotatable bonds is 1. The van der Waals surface area contributed by atoms with Crippen LogP contribution in [-0.2, 0) is 12.8 Å². The van der Waals surface area contributed by atoms with Crippen LogP contribution >= 0.6 is 0 Å². The van der Waals surface area contributed by atoms with E-state index in [0.717, 1.165) is 0 Å². The SMILES string of the molecule is CC(C)c1cncc2c1CCCCC2. The first-order valence-corrected chi connectivity index (χ1v) is 5.74. The van der Waals surface area contributed by atoms with Crippen molar-refractivity contribution in [3.8, 4) is 0 Å². The molecule has 0 saturated carbocycles. The number of hydrogen-bond donors (Lipinski definition) is 0. The number of hydrogen-bond acceptors (Lipinski definition) is 1. The minimum Gasteiger partial charge on any atom is -0.264 e. The maximum absolute atomic E-state index is 4.36. The molecule has 0 aromatic carbocycles. The van der Waals surface area contributed by atoms with Gasteiger partial charge in [0.05, 0.1) is 0 Å². The molecule has 0 aliphatic heterocycles. The van der Waals surface area contributed by atoms with E-state index in [2.05, 4.69) is 31.2 Å². The number of nitrogens with zero attached hydrogens (tertiary/aromatic N) is 1. The summed E-state index contributed by atoms with van der Waals surface area (Å²) in [6.45, 7) is 4.53. The van der Waals surface area contributed by atoms with E-state index in [1.54, 1.807) is 5.56 Å². The highest BCUT2D eigenvalue weighted by molar-refractivity contribution is 5.34. The number of aromatic nitrogens is 1. The van der Waals surface area contributed by atoms with Gasteiger partial charge < -0.3 is 0 Å². The number of pyridine rings is 1. The predicted molar refractivity (Wildman–Crippen MR) is 59.6 cm³/mol. The second-order valence-electron chi connectivity index (χ2n) is 4.58. The lowest BCUT2D eigenvalue weighted by molar-refractivity contribution is 0.708. The molecule has 76 valence electrons. The lowest BCUT2D eigenvalue weighted by atomic mass is 9.93. The summed E-state index contributed by atoms with van der Waals surface area (Å²) in [6, 6.07) is 0. The van der Waals surface area contributed by atoms with Crippen LogP contribution in [0, 0.1) is 0 Å². The van der Waals surface area contributed by atoms with Crippen molar-refractivity contribution in [3.05, 3.63) is 29.1 Å². The molecule has 1 heterocycles. The second-order valence-corrected chi connectivity index (χ2v) is 4.58. The predicted octanol–water partition coefficient (Wildman–Crippen LogP) is 3.47. The van der Waals surface area contributed by atoms with Crippen molar-refractivity contribution in [1.29, 1.82) is 0 Å². The number of fused-ring (bicyclic) bond motifs is 1. The van der Waals surface area contributed by atoms with Crippen LogP contribution in [0.1, 0.15) is 55.7 Å². The number of aryl methyl sites for hydroxylation is 1. The van der Waals surface area contributed by atoms with Crippen molar-refractivity contribution in [2.75, 3.05) is 0 Å². The Hall–Kier alpha value is -0.850. The minimum absolute atomic E-state index is 0.621. The van der Waals surface area contributed by atoms with Gasteiger partial charge in [0.15, 0.2) is 0 Å². The van der Waals surface area contributed by atoms with E-state index in [1.807, 2.05) is 0 Å². The summed E-state index contributed by atoms with van der Waals surface area (Å²) >= 11 is 0. The largest absolute Gasteiger partial charge is 0.264 e. The van der Waals surface area contributed by atoms with E-state index in [9.17, 15) is 0 Å². The molecule has 14 heavy (non-hydrogen) atoms. The zero-order valence-corrected chi connectivity index (χ0v) is 9.21. The van der Waals surface area contributed by atoms with Crippen LogP contribution in [0.3, 0.4) is 0 Å². The topological polar surface area (TPSA) is 12.9 Å². The summed E-state index contributed by atoms with van der Waals surface area (Å²) < 4.78 is 0. The molecule has 0 atom stereocenters. The summed E-state index contributed by atoms with van der Waals surface area (Å²) in [5.74, 6) is 0.621. The third kappa shape index (κ3) is 1.82. The first-order valence-electron chi connectivity index (χ1n) is 5.74. The molecule has 0 spiro atoms. The minimum atomic E-state index is 0.621. The first-order chi connectivity index (χ1) is 6.79. The smallest absolute Gasteiger partial charge is 0.0305 e. The molecule has 0 unspecified atom stereocenters. The molecule has 2 rings (SSSR count). The molecule has 1 aliphatic carbocycles. The molecule has 0 saturated heterocycles. The zero-order chi connectivity index (χ0) is 9.97. The van der Waals surface area contributed by atoms with Crippen molar-refractivity contribution >= 4 is 0 Å². The summed E-state index contributed by atoms with van der Waals surface area (Å²) in [4.78, 5) is 4.36. The van der Waals surface area contributed by atoms with E-state index in [-0.39, 0.29) is 0 Å². The van der Waals surface area contributed by atoms with Crippen molar-refractivity contribution in [2.45, 2.75) is 51.9 Å². The van der Waals surface area contributed by atoms with Gasteiger partial charge >= 0.3 is 0 Å². The maximum atomic E-state index is 4.36. The molecule has 1 aliphatic rings. The van der Waals surface area contributed by atoms with Crippen molar-refractivity contribution in [2.24, 2.45) is 0 Å². The van der Waals surface area contributed by atoms with Crippen LogP contribution in [0.2, 0.25) is 0 Å². The molecule has 0 radical (unpaired) electrons. The molecule has 1 heteroatoms. The Kier molecular flexibility index (Phi) is 2.85. The lowest BCUT2D eigenvalue weighted by Crippen LogP contribution is -2.01. The van der Waals surface area contributed by atoms with E-state index >= 15 is 0 Å². The van der Waals surface area contributed by atoms with Gasteiger partial charge in [0, 0.05) is 12.4 Å². The first kappa shape index (κ1) is 9.70. The van der Waals surface area contributed by atoms with E-state index in [4.69, 9.17) is 0 Å². The van der Waals surface area contributed by atoms with Crippen LogP contribution < -0.4 is 0 Å². The fraction of sp³-hybridized carbons (Fsp3) is 0.615. The van der Waals surface area contributed by atoms with Gasteiger partial charge in [0.25, 0.3) is 0 Å². The molecule has 1 nitrogen and oxygen atoms in total. The van der Waals surface area contributed by atoms with Gasteiger partial charge in [-0.3, -0.25) is 4.98 Å². The normalized spacial score (nSPS) is 16.5. The molecule has 1 aromatic heterocycles. The van der Waals surface area contributed by atoms with Crippen LogP contribution in [0.15, 0.2) is 12.4 Å². The average Bonchev–Trinajstić information content (AvgIpc) is 2.41. The van der Waals surface area contributed by atoms with Gasteiger partial charge in [-0.25, -0.2) is 0 Å². The standard InChI is InChI=1S/C13H19N/c1-10(2)13-9-14-8-11-6-4-3-5-7-12(11)13/h8-10H,3-7H2,1-2H3. The molecule has 0 bridgehead atoms. The molecule has 0 N–H and O–H groups in total. The van der Waals surface area contributed by atoms with E-state index < -0.39 is 0 Å². The van der Waals surface area contributed by atoms with Gasteiger partial charge in [-0.15, -0.1) is 0 Å². The van der Waals surface area contributed by atoms with Gasteiger partial charge in [-0.2, -0.15) is 0 Å². The monoisotopic (exact) mass is 189 g/mol. The van der Waals surface area contributed by atoms with Crippen LogP contribution in [-0.4, -0.2) is 4.98 Å². The molecule has 0 amide bonds. The van der Waals surface area contributed by atoms with Crippen LogP contribution in [0.5, 0.6) is 0 Å². The van der Waals surface area contributed by atoms with Gasteiger partial charge in [0.1, 0.15) is 0 Å². The molecule has 0 fully saturated rings. The van der Waals surface area contributed by atoms with Crippen LogP contribution in [0.4, 0.5) is 0 Å².